The maximum atomic E-state index is 14.2. The molecule has 0 saturated heterocycles. The molecule has 5 rings (SSSR count). The van der Waals surface area contributed by atoms with E-state index in [1.54, 1.807) is 18.2 Å². The van der Waals surface area contributed by atoms with Crippen LogP contribution >= 0.6 is 0 Å². The Labute approximate surface area is 192 Å². The van der Waals surface area contributed by atoms with E-state index in [4.69, 9.17) is 14.2 Å². The van der Waals surface area contributed by atoms with E-state index in [1.165, 1.54) is 31.4 Å². The molecule has 5 nitrogen and oxygen atoms in total. The topological polar surface area (TPSA) is 56.8 Å². The number of carbonyl (C=O) groups excluding carboxylic acids is 1. The smallest absolute Gasteiger partial charge is 0.417 e. The molecule has 34 heavy (non-hydrogen) atoms. The Hall–Kier alpha value is -3.75. The van der Waals surface area contributed by atoms with Gasteiger partial charge in [0.25, 0.3) is 0 Å². The van der Waals surface area contributed by atoms with Gasteiger partial charge in [-0.1, -0.05) is 12.1 Å². The molecular weight excluding hydrogens is 454 g/mol. The Bertz CT molecular complexity index is 1280. The van der Waals surface area contributed by atoms with Gasteiger partial charge in [0.15, 0.2) is 23.1 Å². The summed E-state index contributed by atoms with van der Waals surface area (Å²) >= 11 is 0. The van der Waals surface area contributed by atoms with Crippen molar-refractivity contribution >= 4 is 11.6 Å². The molecule has 1 aliphatic carbocycles. The number of anilines is 1. The van der Waals surface area contributed by atoms with Gasteiger partial charge in [0.2, 0.25) is 12.7 Å². The number of methoxy groups -OCH3 is 1. The van der Waals surface area contributed by atoms with Crippen LogP contribution in [0.3, 0.4) is 0 Å². The van der Waals surface area contributed by atoms with Crippen LogP contribution in [-0.2, 0) is 16.4 Å². The summed E-state index contributed by atoms with van der Waals surface area (Å²) in [6.07, 6.45) is -3.48. The van der Waals surface area contributed by atoms with Crippen molar-refractivity contribution in [2.24, 2.45) is 0 Å². The van der Waals surface area contributed by atoms with Crippen molar-refractivity contribution in [3.63, 3.8) is 0 Å². The molecule has 0 aromatic heterocycles. The molecule has 0 spiro atoms. The van der Waals surface area contributed by atoms with Gasteiger partial charge < -0.3 is 19.5 Å². The van der Waals surface area contributed by atoms with Gasteiger partial charge in [-0.25, -0.2) is 4.39 Å². The number of amides is 1. The highest BCUT2D eigenvalue weighted by molar-refractivity contribution is 6.02. The maximum Gasteiger partial charge on any atom is 0.417 e. The van der Waals surface area contributed by atoms with E-state index < -0.39 is 23.0 Å². The minimum absolute atomic E-state index is 0.0126. The molecule has 0 atom stereocenters. The van der Waals surface area contributed by atoms with Crippen LogP contribution < -0.4 is 19.5 Å². The number of fused-ring (bicyclic) bond motifs is 1. The van der Waals surface area contributed by atoms with Gasteiger partial charge in [-0.2, -0.15) is 13.2 Å². The van der Waals surface area contributed by atoms with Crippen LogP contribution in [0, 0.1) is 5.82 Å². The molecule has 0 bridgehead atoms. The molecule has 9 heteroatoms. The molecule has 1 fully saturated rings. The van der Waals surface area contributed by atoms with Crippen molar-refractivity contribution in [1.29, 1.82) is 0 Å². The highest BCUT2D eigenvalue weighted by Crippen LogP contribution is 2.51. The lowest BCUT2D eigenvalue weighted by Gasteiger charge is -2.19. The Balaban J connectivity index is 1.47. The van der Waals surface area contributed by atoms with E-state index in [1.807, 2.05) is 0 Å². The summed E-state index contributed by atoms with van der Waals surface area (Å²) in [6, 6.07) is 12.1. The van der Waals surface area contributed by atoms with E-state index in [2.05, 4.69) is 5.32 Å². The summed E-state index contributed by atoms with van der Waals surface area (Å²) in [7, 11) is 1.27. The summed E-state index contributed by atoms with van der Waals surface area (Å²) in [6.45, 7) is 0.109. The molecule has 0 radical (unpaired) electrons. The third-order valence-electron chi connectivity index (χ3n) is 6.16. The van der Waals surface area contributed by atoms with Gasteiger partial charge in [-0.05, 0) is 72.0 Å². The fraction of sp³-hybridized carbons (Fsp3) is 0.240. The maximum absolute atomic E-state index is 14.2. The lowest BCUT2D eigenvalue weighted by Crippen LogP contribution is -2.27. The summed E-state index contributed by atoms with van der Waals surface area (Å²) in [5.74, 6) is -0.0598. The third kappa shape index (κ3) is 3.81. The van der Waals surface area contributed by atoms with E-state index in [0.29, 0.717) is 24.3 Å². The monoisotopic (exact) mass is 473 g/mol. The standard InChI is InChI=1S/C25H19F4NO4/c1-32-20-6-2-14(10-19(20)26)17-12-16(4-5-18(17)25(27,28)29)30-23(31)24(8-9-24)15-3-7-21-22(11-15)34-13-33-21/h2-7,10-12H,8-9,13H2,1H3,(H,30,31). The van der Waals surface area contributed by atoms with Crippen LogP contribution in [0.2, 0.25) is 0 Å². The lowest BCUT2D eigenvalue weighted by molar-refractivity contribution is -0.137. The van der Waals surface area contributed by atoms with Crippen LogP contribution in [0.4, 0.5) is 23.2 Å². The van der Waals surface area contributed by atoms with E-state index in [9.17, 15) is 22.4 Å². The number of alkyl halides is 3. The Morgan fingerprint density at radius 1 is 1.00 bits per heavy atom. The molecule has 1 N–H and O–H groups in total. The molecule has 1 heterocycles. The van der Waals surface area contributed by atoms with Crippen molar-refractivity contribution in [1.82, 2.24) is 0 Å². The number of benzene rings is 3. The number of nitrogens with one attached hydrogen (secondary N) is 1. The molecule has 3 aromatic rings. The molecule has 1 amide bonds. The minimum atomic E-state index is -4.67. The number of hydrogen-bond donors (Lipinski definition) is 1. The Kier molecular flexibility index (Phi) is 5.15. The van der Waals surface area contributed by atoms with Gasteiger partial charge >= 0.3 is 6.18 Å². The average molecular weight is 473 g/mol. The van der Waals surface area contributed by atoms with E-state index in [0.717, 1.165) is 17.7 Å². The van der Waals surface area contributed by atoms with Crippen LogP contribution in [0.15, 0.2) is 54.6 Å². The summed E-state index contributed by atoms with van der Waals surface area (Å²) in [4.78, 5) is 13.2. The van der Waals surface area contributed by atoms with E-state index in [-0.39, 0.29) is 35.3 Å². The van der Waals surface area contributed by atoms with Crippen molar-refractivity contribution in [3.05, 3.63) is 71.5 Å². The average Bonchev–Trinajstić information content (AvgIpc) is 3.49. The Morgan fingerprint density at radius 2 is 1.76 bits per heavy atom. The second kappa shape index (κ2) is 7.93. The van der Waals surface area contributed by atoms with Crippen LogP contribution in [0.5, 0.6) is 17.2 Å². The number of rotatable bonds is 5. The summed E-state index contributed by atoms with van der Waals surface area (Å²) in [5, 5.41) is 2.74. The fourth-order valence-corrected chi connectivity index (χ4v) is 4.16. The summed E-state index contributed by atoms with van der Waals surface area (Å²) in [5.41, 5.74) is -1.05. The van der Waals surface area contributed by atoms with Gasteiger partial charge in [0, 0.05) is 5.69 Å². The van der Waals surface area contributed by atoms with Crippen LogP contribution in [-0.4, -0.2) is 19.8 Å². The highest BCUT2D eigenvalue weighted by Gasteiger charge is 2.51. The number of carbonyl (C=O) groups is 1. The van der Waals surface area contributed by atoms with Crippen molar-refractivity contribution < 1.29 is 36.6 Å². The van der Waals surface area contributed by atoms with Gasteiger partial charge in [-0.15, -0.1) is 0 Å². The number of ether oxygens (including phenoxy) is 3. The molecule has 1 saturated carbocycles. The predicted molar refractivity (Wildman–Crippen MR) is 115 cm³/mol. The summed E-state index contributed by atoms with van der Waals surface area (Å²) < 4.78 is 70.8. The second-order valence-corrected chi connectivity index (χ2v) is 8.21. The quantitative estimate of drug-likeness (QED) is 0.468. The van der Waals surface area contributed by atoms with Crippen molar-refractivity contribution in [3.8, 4) is 28.4 Å². The first-order valence-electron chi connectivity index (χ1n) is 10.5. The van der Waals surface area contributed by atoms with Gasteiger partial charge in [0.05, 0.1) is 18.1 Å². The zero-order valence-corrected chi connectivity index (χ0v) is 18.0. The molecule has 2 aliphatic rings. The van der Waals surface area contributed by atoms with Gasteiger partial charge in [-0.3, -0.25) is 4.79 Å². The third-order valence-corrected chi connectivity index (χ3v) is 6.16. The normalized spacial score (nSPS) is 15.7. The number of halogens is 4. The van der Waals surface area contributed by atoms with Gasteiger partial charge in [0.1, 0.15) is 0 Å². The SMILES string of the molecule is COc1ccc(-c2cc(NC(=O)C3(c4ccc5c(c4)OCO5)CC3)ccc2C(F)(F)F)cc1F. The van der Waals surface area contributed by atoms with Crippen LogP contribution in [0.25, 0.3) is 11.1 Å². The van der Waals surface area contributed by atoms with Crippen LogP contribution in [0.1, 0.15) is 24.0 Å². The fourth-order valence-electron chi connectivity index (χ4n) is 4.16. The zero-order chi connectivity index (χ0) is 24.1. The predicted octanol–water partition coefficient (Wildman–Crippen LogP) is 5.92. The first kappa shape index (κ1) is 22.1. The Morgan fingerprint density at radius 3 is 2.44 bits per heavy atom. The molecule has 0 unspecified atom stereocenters. The zero-order valence-electron chi connectivity index (χ0n) is 18.0. The van der Waals surface area contributed by atoms with Crippen molar-refractivity contribution in [2.45, 2.75) is 24.4 Å². The van der Waals surface area contributed by atoms with Crippen molar-refractivity contribution in [2.75, 3.05) is 19.2 Å². The van der Waals surface area contributed by atoms with E-state index >= 15 is 0 Å². The first-order chi connectivity index (χ1) is 16.2. The second-order valence-electron chi connectivity index (χ2n) is 8.21. The lowest BCUT2D eigenvalue weighted by atomic mass is 9.94. The molecule has 1 aliphatic heterocycles. The molecule has 176 valence electrons. The molecular formula is C25H19F4NO4. The number of hydrogen-bond acceptors (Lipinski definition) is 4. The minimum Gasteiger partial charge on any atom is -0.494 e. The highest BCUT2D eigenvalue weighted by atomic mass is 19.4. The largest absolute Gasteiger partial charge is 0.494 e. The molecule has 3 aromatic carbocycles. The first-order valence-corrected chi connectivity index (χ1v) is 10.5.